The van der Waals surface area contributed by atoms with E-state index >= 15 is 0 Å². The number of anilines is 3. The summed E-state index contributed by atoms with van der Waals surface area (Å²) >= 11 is 0. The Bertz CT molecular complexity index is 2070. The number of ether oxygens (including phenoxy) is 2. The highest BCUT2D eigenvalue weighted by atomic mass is 32.3. The van der Waals surface area contributed by atoms with Crippen molar-refractivity contribution in [2.24, 2.45) is 0 Å². The molecule has 1 atom stereocenters. The lowest BCUT2D eigenvalue weighted by molar-refractivity contribution is -0.154. The van der Waals surface area contributed by atoms with Crippen molar-refractivity contribution in [2.45, 2.75) is 77.6 Å². The molecule has 330 valence electrons. The third-order valence-electron chi connectivity index (χ3n) is 10.7. The highest BCUT2D eigenvalue weighted by Gasteiger charge is 2.38. The second kappa shape index (κ2) is 20.5. The number of benzene rings is 2. The van der Waals surface area contributed by atoms with Gasteiger partial charge in [-0.2, -0.15) is 0 Å². The van der Waals surface area contributed by atoms with E-state index in [1.165, 1.54) is 4.90 Å². The Labute approximate surface area is 363 Å². The number of amides is 2. The molecule has 0 aliphatic carbocycles. The van der Waals surface area contributed by atoms with E-state index in [0.29, 0.717) is 45.2 Å². The zero-order valence-corrected chi connectivity index (χ0v) is 38.3. The number of rotatable bonds is 16. The molecule has 2 aromatic carbocycles. The van der Waals surface area contributed by atoms with Gasteiger partial charge in [0.2, 0.25) is 11.9 Å². The normalized spacial score (nSPS) is 15.2. The third-order valence-corrected chi connectivity index (χ3v) is 14.3. The highest BCUT2D eigenvalue weighted by Crippen LogP contribution is 2.54. The van der Waals surface area contributed by atoms with Crippen molar-refractivity contribution in [1.29, 1.82) is 0 Å². The number of nitrogens with one attached hydrogen (secondary N) is 1. The lowest BCUT2D eigenvalue weighted by atomic mass is 10.1. The zero-order chi connectivity index (χ0) is 44.4. The lowest BCUT2D eigenvalue weighted by Crippen LogP contribution is -2.60. The minimum absolute atomic E-state index is 0.0150. The topological polar surface area (TPSA) is 143 Å². The van der Waals surface area contributed by atoms with Gasteiger partial charge in [0.15, 0.2) is 0 Å². The number of carbonyl (C=O) groups excluding carboxylic acids is 3. The number of aromatic nitrogens is 3. The summed E-state index contributed by atoms with van der Waals surface area (Å²) in [7, 11) is 2.49. The first kappa shape index (κ1) is 46.8. The second-order valence-electron chi connectivity index (χ2n) is 17.7. The van der Waals surface area contributed by atoms with Crippen LogP contribution < -0.4 is 10.2 Å². The number of nitrogens with zero attached hydrogens (tertiary/aromatic N) is 7. The maximum Gasteiger partial charge on any atom is 0.410 e. The summed E-state index contributed by atoms with van der Waals surface area (Å²) in [6.45, 7) is 14.6. The summed E-state index contributed by atoms with van der Waals surface area (Å²) in [5.74, 6) is 0.657. The molecule has 15 heteroatoms. The molecule has 1 unspecified atom stereocenters. The standard InChI is InChI=1S/C46H64N8O6S/c1-45(2,3)60-44(57)54-27-26-53(39(30-54)42(56)58-32-34-16-12-11-13-17-34)31-41(55)52(8)25-15-24-51(7)40-21-20-36(29-48-40)38-22-23-47-43(50-38)49-37-19-14-18-35(28-37)33-59-61(9,10)46(4,5)6/h11-14,16-23,28-29,39H,15,24-27,30-33H2,1-10H3,(H,47,49,50). The van der Waals surface area contributed by atoms with Crippen LogP contribution in [0.15, 0.2) is 85.2 Å². The van der Waals surface area contributed by atoms with Gasteiger partial charge in [-0.3, -0.25) is 14.5 Å². The van der Waals surface area contributed by atoms with Crippen molar-refractivity contribution < 1.29 is 28.0 Å². The molecule has 1 fully saturated rings. The van der Waals surface area contributed by atoms with Crippen molar-refractivity contribution >= 4 is 45.7 Å². The molecule has 1 saturated heterocycles. The maximum absolute atomic E-state index is 13.5. The quantitative estimate of drug-likeness (QED) is 0.111. The van der Waals surface area contributed by atoms with Gasteiger partial charge in [-0.05, 0) is 81.2 Å². The molecule has 14 nitrogen and oxygen atoms in total. The van der Waals surface area contributed by atoms with Gasteiger partial charge in [0.05, 0.1) is 25.4 Å². The van der Waals surface area contributed by atoms with Gasteiger partial charge in [0.25, 0.3) is 0 Å². The third kappa shape index (κ3) is 13.9. The average molecular weight is 857 g/mol. The molecule has 1 aliphatic heterocycles. The Hall–Kier alpha value is -5.25. The van der Waals surface area contributed by atoms with Gasteiger partial charge in [0, 0.05) is 68.7 Å². The number of esters is 1. The summed E-state index contributed by atoms with van der Waals surface area (Å²) in [6, 6.07) is 22.5. The number of pyridine rings is 1. The predicted molar refractivity (Wildman–Crippen MR) is 244 cm³/mol. The minimum atomic E-state index is -1.24. The van der Waals surface area contributed by atoms with Gasteiger partial charge in [-0.25, -0.2) is 19.7 Å². The number of carbonyl (C=O) groups is 3. The fourth-order valence-electron chi connectivity index (χ4n) is 6.23. The van der Waals surface area contributed by atoms with Crippen molar-refractivity contribution in [3.05, 3.63) is 96.3 Å². The van der Waals surface area contributed by atoms with Crippen molar-refractivity contribution in [3.8, 4) is 11.3 Å². The molecule has 5 rings (SSSR count). The highest BCUT2D eigenvalue weighted by molar-refractivity contribution is 8.29. The Morgan fingerprint density at radius 2 is 1.61 bits per heavy atom. The zero-order valence-electron chi connectivity index (χ0n) is 37.5. The van der Waals surface area contributed by atoms with Crippen LogP contribution in [0.4, 0.5) is 22.2 Å². The molecule has 0 saturated carbocycles. The molecule has 3 heterocycles. The van der Waals surface area contributed by atoms with Crippen LogP contribution >= 0.6 is 10.3 Å². The van der Waals surface area contributed by atoms with Crippen molar-refractivity contribution in [2.75, 3.05) is 76.1 Å². The summed E-state index contributed by atoms with van der Waals surface area (Å²) in [6.07, 6.45) is 8.13. The van der Waals surface area contributed by atoms with E-state index in [-0.39, 0.29) is 30.4 Å². The van der Waals surface area contributed by atoms with Gasteiger partial charge in [0.1, 0.15) is 24.1 Å². The SMILES string of the molecule is CN(CCCN(C)c1ccc(-c2ccnc(Nc3cccc(COS(C)(C)C(C)(C)C)c3)n2)cn1)C(=O)CN1CCN(C(=O)OC(C)(C)C)CC1C(=O)OCc1ccccc1. The Morgan fingerprint density at radius 3 is 2.30 bits per heavy atom. The smallest absolute Gasteiger partial charge is 0.410 e. The van der Waals surface area contributed by atoms with Gasteiger partial charge < -0.3 is 33.7 Å². The fraction of sp³-hybridized carbons (Fsp3) is 0.478. The van der Waals surface area contributed by atoms with E-state index < -0.39 is 34.0 Å². The molecular weight excluding hydrogens is 793 g/mol. The fourth-order valence-corrected chi connectivity index (χ4v) is 7.02. The maximum atomic E-state index is 13.5. The number of piperazine rings is 1. The number of likely N-dealkylation sites (N-methyl/N-ethyl adjacent to an activating group) is 1. The largest absolute Gasteiger partial charge is 0.460 e. The minimum Gasteiger partial charge on any atom is -0.460 e. The molecule has 0 bridgehead atoms. The van der Waals surface area contributed by atoms with Crippen LogP contribution in [0.5, 0.6) is 0 Å². The van der Waals surface area contributed by atoms with Crippen LogP contribution in [-0.4, -0.2) is 130 Å². The van der Waals surface area contributed by atoms with Crippen molar-refractivity contribution in [3.63, 3.8) is 0 Å². The predicted octanol–water partition coefficient (Wildman–Crippen LogP) is 7.53. The van der Waals surface area contributed by atoms with E-state index in [1.54, 1.807) is 50.0 Å². The monoisotopic (exact) mass is 856 g/mol. The number of hydrogen-bond donors (Lipinski definition) is 1. The van der Waals surface area contributed by atoms with Crippen LogP contribution in [0.1, 0.15) is 59.1 Å². The molecular formula is C46H64N8O6S. The lowest BCUT2D eigenvalue weighted by Gasteiger charge is -2.43. The summed E-state index contributed by atoms with van der Waals surface area (Å²) in [4.78, 5) is 60.8. The molecule has 1 N–H and O–H groups in total. The Kier molecular flexibility index (Phi) is 15.8. The van der Waals surface area contributed by atoms with Crippen LogP contribution in [-0.2, 0) is 36.5 Å². The van der Waals surface area contributed by atoms with Crippen LogP contribution in [0.3, 0.4) is 0 Å². The first-order valence-corrected chi connectivity index (χ1v) is 23.1. The van der Waals surface area contributed by atoms with Gasteiger partial charge in [-0.15, -0.1) is 10.3 Å². The molecule has 4 aromatic rings. The molecule has 1 aliphatic rings. The molecule has 2 amide bonds. The van der Waals surface area contributed by atoms with E-state index in [0.717, 1.165) is 33.9 Å². The van der Waals surface area contributed by atoms with Gasteiger partial charge >= 0.3 is 12.1 Å². The molecule has 61 heavy (non-hydrogen) atoms. The second-order valence-corrected chi connectivity index (χ2v) is 21.6. The molecule has 0 spiro atoms. The first-order valence-electron chi connectivity index (χ1n) is 20.7. The van der Waals surface area contributed by atoms with Crippen molar-refractivity contribution in [1.82, 2.24) is 29.7 Å². The van der Waals surface area contributed by atoms with Crippen LogP contribution in [0.25, 0.3) is 11.3 Å². The van der Waals surface area contributed by atoms with Crippen LogP contribution in [0, 0.1) is 0 Å². The Balaban J connectivity index is 1.11. The van der Waals surface area contributed by atoms with Crippen LogP contribution in [0.2, 0.25) is 0 Å². The van der Waals surface area contributed by atoms with E-state index in [1.807, 2.05) is 72.6 Å². The first-order chi connectivity index (χ1) is 28.8. The Morgan fingerprint density at radius 1 is 0.869 bits per heavy atom. The van der Waals surface area contributed by atoms with E-state index in [9.17, 15) is 14.4 Å². The van der Waals surface area contributed by atoms with E-state index in [2.05, 4.69) is 55.7 Å². The summed E-state index contributed by atoms with van der Waals surface area (Å²) in [5.41, 5.74) is 3.73. The molecule has 2 aromatic heterocycles. The van der Waals surface area contributed by atoms with Gasteiger partial charge in [-0.1, -0.05) is 63.2 Å². The average Bonchev–Trinajstić information content (AvgIpc) is 3.21. The molecule has 0 radical (unpaired) electrons. The summed E-state index contributed by atoms with van der Waals surface area (Å²) < 4.78 is 17.7. The number of hydrogen-bond acceptors (Lipinski definition) is 12. The summed E-state index contributed by atoms with van der Waals surface area (Å²) in [5, 5.41) is 3.33. The van der Waals surface area contributed by atoms with E-state index in [4.69, 9.17) is 23.6 Å².